The predicted molar refractivity (Wildman–Crippen MR) is 69.8 cm³/mol. The van der Waals surface area contributed by atoms with Gasteiger partial charge in [-0.25, -0.2) is 5.43 Å². The number of nitrogens with one attached hydrogen (secondary N) is 1. The van der Waals surface area contributed by atoms with Gasteiger partial charge in [0.15, 0.2) is 0 Å². The van der Waals surface area contributed by atoms with Crippen LogP contribution in [-0.2, 0) is 6.18 Å². The van der Waals surface area contributed by atoms with Crippen LogP contribution < -0.4 is 17.0 Å². The summed E-state index contributed by atoms with van der Waals surface area (Å²) in [5.74, 6) is 4.77. The largest absolute Gasteiger partial charge is 0.416 e. The maximum Gasteiger partial charge on any atom is 0.416 e. The van der Waals surface area contributed by atoms with E-state index < -0.39 is 11.7 Å². The third-order valence-electron chi connectivity index (χ3n) is 2.11. The maximum absolute atomic E-state index is 12.3. The molecule has 0 atom stereocenters. The zero-order valence-electron chi connectivity index (χ0n) is 9.90. The zero-order valence-corrected chi connectivity index (χ0v) is 10.7. The third-order valence-corrected chi connectivity index (χ3v) is 2.11. The Morgan fingerprint density at radius 3 is 2.16 bits per heavy atom. The minimum absolute atomic E-state index is 0. The molecule has 0 radical (unpaired) electrons. The number of benzene rings is 1. The second-order valence-corrected chi connectivity index (χ2v) is 3.40. The summed E-state index contributed by atoms with van der Waals surface area (Å²) in [6, 6.07) is 4.60. The molecule has 1 aromatic rings. The molecule has 0 heterocycles. The number of alkyl halides is 3. The van der Waals surface area contributed by atoms with Gasteiger partial charge in [0.2, 0.25) is 5.96 Å². The molecule has 0 saturated carbocycles. The maximum atomic E-state index is 12.3. The lowest BCUT2D eigenvalue weighted by atomic mass is 10.1. The fraction of sp³-hybridized carbons (Fsp3) is 0.200. The zero-order chi connectivity index (χ0) is 13.8. The minimum Gasteiger partial charge on any atom is -0.367 e. The van der Waals surface area contributed by atoms with Gasteiger partial charge in [0.05, 0.1) is 11.3 Å². The van der Waals surface area contributed by atoms with Crippen LogP contribution >= 0.6 is 12.4 Å². The molecule has 5 nitrogen and oxygen atoms in total. The van der Waals surface area contributed by atoms with Gasteiger partial charge in [-0.1, -0.05) is 12.1 Å². The number of guanidine groups is 1. The van der Waals surface area contributed by atoms with Crippen molar-refractivity contribution in [1.82, 2.24) is 5.43 Å². The van der Waals surface area contributed by atoms with Crippen molar-refractivity contribution in [1.29, 1.82) is 0 Å². The van der Waals surface area contributed by atoms with Crippen LogP contribution in [0.15, 0.2) is 34.5 Å². The smallest absolute Gasteiger partial charge is 0.367 e. The number of nitrogens with zero attached hydrogens (tertiary/aromatic N) is 2. The highest BCUT2D eigenvalue weighted by molar-refractivity contribution is 5.99. The van der Waals surface area contributed by atoms with Gasteiger partial charge in [-0.2, -0.15) is 18.3 Å². The van der Waals surface area contributed by atoms with Crippen molar-refractivity contribution >= 4 is 24.1 Å². The molecule has 0 aliphatic heterocycles. The third kappa shape index (κ3) is 5.04. The number of halogens is 4. The summed E-state index contributed by atoms with van der Waals surface area (Å²) in [6.07, 6.45) is -4.35. The Morgan fingerprint density at radius 1 is 1.21 bits per heavy atom. The molecule has 0 spiro atoms. The molecule has 0 fully saturated rings. The van der Waals surface area contributed by atoms with Gasteiger partial charge < -0.3 is 11.6 Å². The molecule has 0 aromatic heterocycles. The Hall–Kier alpha value is -1.96. The van der Waals surface area contributed by atoms with Gasteiger partial charge in [-0.3, -0.25) is 0 Å². The van der Waals surface area contributed by atoms with Crippen molar-refractivity contribution in [2.24, 2.45) is 21.8 Å². The standard InChI is InChI=1S/C10H12F3N5.ClH/c1-6(17-18-9(14)16-15)7-2-4-8(5-3-7)10(11,12)13;/h2-5H,15H2,1H3,(H3,14,16,18);1H/b17-6+;. The number of hydrogen-bond donors (Lipinski definition) is 3. The summed E-state index contributed by atoms with van der Waals surface area (Å²) in [5.41, 5.74) is 7.85. The number of hydrogen-bond acceptors (Lipinski definition) is 3. The van der Waals surface area contributed by atoms with Gasteiger partial charge >= 0.3 is 6.18 Å². The monoisotopic (exact) mass is 295 g/mol. The van der Waals surface area contributed by atoms with Crippen molar-refractivity contribution in [2.75, 3.05) is 0 Å². The Labute approximate surface area is 114 Å². The van der Waals surface area contributed by atoms with Crippen LogP contribution in [0.2, 0.25) is 0 Å². The highest BCUT2D eigenvalue weighted by atomic mass is 35.5. The number of rotatable bonds is 2. The van der Waals surface area contributed by atoms with Gasteiger partial charge in [0.25, 0.3) is 0 Å². The molecule has 1 rings (SSSR count). The summed E-state index contributed by atoms with van der Waals surface area (Å²) in [4.78, 5) is 0. The summed E-state index contributed by atoms with van der Waals surface area (Å²) < 4.78 is 37.0. The van der Waals surface area contributed by atoms with Gasteiger partial charge in [0.1, 0.15) is 0 Å². The molecular formula is C10H13ClF3N5. The van der Waals surface area contributed by atoms with E-state index in [-0.39, 0.29) is 18.4 Å². The van der Waals surface area contributed by atoms with E-state index in [0.29, 0.717) is 11.3 Å². The van der Waals surface area contributed by atoms with Crippen LogP contribution in [0.5, 0.6) is 0 Å². The van der Waals surface area contributed by atoms with Gasteiger partial charge in [0, 0.05) is 0 Å². The molecule has 1 aromatic carbocycles. The van der Waals surface area contributed by atoms with Crippen LogP contribution in [0.25, 0.3) is 0 Å². The van der Waals surface area contributed by atoms with E-state index in [0.717, 1.165) is 12.1 Å². The second kappa shape index (κ2) is 6.83. The SMILES string of the molecule is C/C(=N\NC(N)=NN)c1ccc(C(F)(F)F)cc1.Cl. The van der Waals surface area contributed by atoms with Crippen molar-refractivity contribution in [3.63, 3.8) is 0 Å². The Morgan fingerprint density at radius 2 is 1.74 bits per heavy atom. The molecule has 9 heteroatoms. The topological polar surface area (TPSA) is 88.8 Å². The van der Waals surface area contributed by atoms with E-state index >= 15 is 0 Å². The van der Waals surface area contributed by atoms with Crippen LogP contribution in [-0.4, -0.2) is 11.7 Å². The van der Waals surface area contributed by atoms with Crippen molar-refractivity contribution in [3.05, 3.63) is 35.4 Å². The van der Waals surface area contributed by atoms with Crippen LogP contribution in [0.3, 0.4) is 0 Å². The molecule has 0 bridgehead atoms. The van der Waals surface area contributed by atoms with Crippen molar-refractivity contribution < 1.29 is 13.2 Å². The highest BCUT2D eigenvalue weighted by Crippen LogP contribution is 2.29. The van der Waals surface area contributed by atoms with Crippen LogP contribution in [0, 0.1) is 0 Å². The molecule has 5 N–H and O–H groups in total. The van der Waals surface area contributed by atoms with E-state index in [9.17, 15) is 13.2 Å². The van der Waals surface area contributed by atoms with E-state index in [1.165, 1.54) is 12.1 Å². The fourth-order valence-corrected chi connectivity index (χ4v) is 1.13. The van der Waals surface area contributed by atoms with Gasteiger partial charge in [-0.15, -0.1) is 17.5 Å². The fourth-order valence-electron chi connectivity index (χ4n) is 1.13. The first-order valence-corrected chi connectivity index (χ1v) is 4.86. The Kier molecular flexibility index (Phi) is 6.13. The Balaban J connectivity index is 0.00000324. The van der Waals surface area contributed by atoms with E-state index in [2.05, 4.69) is 15.6 Å². The lowest BCUT2D eigenvalue weighted by molar-refractivity contribution is -0.137. The summed E-state index contributed by atoms with van der Waals surface area (Å²) in [7, 11) is 0. The van der Waals surface area contributed by atoms with Crippen molar-refractivity contribution in [3.8, 4) is 0 Å². The van der Waals surface area contributed by atoms with E-state index in [1.807, 2.05) is 0 Å². The number of hydrazone groups is 2. The molecular weight excluding hydrogens is 283 g/mol. The first-order valence-electron chi connectivity index (χ1n) is 4.86. The first-order chi connectivity index (χ1) is 8.34. The number of nitrogens with two attached hydrogens (primary N) is 2. The summed E-state index contributed by atoms with van der Waals surface area (Å²) in [6.45, 7) is 1.61. The summed E-state index contributed by atoms with van der Waals surface area (Å²) >= 11 is 0. The lowest BCUT2D eigenvalue weighted by Crippen LogP contribution is -2.29. The van der Waals surface area contributed by atoms with Crippen molar-refractivity contribution in [2.45, 2.75) is 13.1 Å². The molecule has 0 unspecified atom stereocenters. The average molecular weight is 296 g/mol. The van der Waals surface area contributed by atoms with Crippen LogP contribution in [0.4, 0.5) is 13.2 Å². The molecule has 19 heavy (non-hydrogen) atoms. The molecule has 0 amide bonds. The first kappa shape index (κ1) is 17.0. The average Bonchev–Trinajstić information content (AvgIpc) is 2.34. The minimum atomic E-state index is -4.35. The molecule has 0 aliphatic rings. The van der Waals surface area contributed by atoms with E-state index in [1.54, 1.807) is 6.92 Å². The predicted octanol–water partition coefficient (Wildman–Crippen LogP) is 1.63. The lowest BCUT2D eigenvalue weighted by Gasteiger charge is -2.07. The molecule has 0 aliphatic carbocycles. The summed E-state index contributed by atoms with van der Waals surface area (Å²) in [5, 5.41) is 6.93. The normalized spacial score (nSPS) is 12.8. The quantitative estimate of drug-likeness (QED) is 0.335. The Bertz CT molecular complexity index is 467. The second-order valence-electron chi connectivity index (χ2n) is 3.40. The molecule has 0 saturated heterocycles. The highest BCUT2D eigenvalue weighted by Gasteiger charge is 2.29. The van der Waals surface area contributed by atoms with Crippen LogP contribution in [0.1, 0.15) is 18.1 Å². The van der Waals surface area contributed by atoms with Gasteiger partial charge in [-0.05, 0) is 24.6 Å². The molecule has 106 valence electrons. The van der Waals surface area contributed by atoms with E-state index in [4.69, 9.17) is 11.6 Å².